The van der Waals surface area contributed by atoms with Crippen LogP contribution in [0.1, 0.15) is 39.6 Å². The molecule has 1 aliphatic heterocycles. The summed E-state index contributed by atoms with van der Waals surface area (Å²) in [5.41, 5.74) is 2.55. The maximum absolute atomic E-state index is 13.3. The summed E-state index contributed by atoms with van der Waals surface area (Å²) in [5, 5.41) is 2.98. The number of amides is 2. The van der Waals surface area contributed by atoms with Gasteiger partial charge in [0.15, 0.2) is 5.17 Å². The Kier molecular flexibility index (Phi) is 9.57. The number of carbonyl (C=O) groups is 4. The van der Waals surface area contributed by atoms with E-state index >= 15 is 0 Å². The fourth-order valence-electron chi connectivity index (χ4n) is 3.80. The summed E-state index contributed by atoms with van der Waals surface area (Å²) in [7, 11) is 1.29. The molecular formula is C29H26ClN3O6S. The van der Waals surface area contributed by atoms with Crippen molar-refractivity contribution in [2.45, 2.75) is 25.1 Å². The molecule has 1 fully saturated rings. The molecule has 3 aromatic carbocycles. The monoisotopic (exact) mass is 579 g/mol. The number of nitrogens with zero attached hydrogens (tertiary/aromatic N) is 2. The van der Waals surface area contributed by atoms with Gasteiger partial charge in [0, 0.05) is 17.1 Å². The van der Waals surface area contributed by atoms with Crippen LogP contribution in [0.2, 0.25) is 5.02 Å². The van der Waals surface area contributed by atoms with Gasteiger partial charge in [-0.2, -0.15) is 0 Å². The number of nitrogens with one attached hydrogen (secondary N) is 1. The van der Waals surface area contributed by atoms with E-state index in [0.29, 0.717) is 32.7 Å². The van der Waals surface area contributed by atoms with Crippen molar-refractivity contribution in [3.05, 3.63) is 94.5 Å². The fraction of sp³-hybridized carbons (Fsp3) is 0.207. The SMILES string of the molecule is CCOC(=O)c1ccc(N=C2S[C@@H](C(=O)Nc3ccc(C(=O)OC)cc3)CC(=O)N2Cc2ccc(Cl)cc2)cc1. The van der Waals surface area contributed by atoms with Crippen LogP contribution in [-0.2, 0) is 25.6 Å². The van der Waals surface area contributed by atoms with Gasteiger partial charge in [-0.15, -0.1) is 0 Å². The van der Waals surface area contributed by atoms with Crippen LogP contribution >= 0.6 is 23.4 Å². The number of rotatable bonds is 8. The second-order valence-electron chi connectivity index (χ2n) is 8.64. The van der Waals surface area contributed by atoms with Gasteiger partial charge in [0.05, 0.1) is 37.1 Å². The Bertz CT molecular complexity index is 1430. The lowest BCUT2D eigenvalue weighted by Gasteiger charge is -2.32. The van der Waals surface area contributed by atoms with E-state index in [4.69, 9.17) is 21.1 Å². The standard InChI is InChI=1S/C29H26ClN3O6S/c1-3-39-28(37)20-8-14-23(15-9-20)32-29-33(17-18-4-10-21(30)11-5-18)25(34)16-24(40-29)26(35)31-22-12-6-19(7-13-22)27(36)38-2/h4-15,24H,3,16-17H2,1-2H3,(H,31,35)/t24-/m1/s1. The Morgan fingerprint density at radius 3 is 2.23 bits per heavy atom. The Balaban J connectivity index is 1.57. The van der Waals surface area contributed by atoms with Gasteiger partial charge in [0.2, 0.25) is 11.8 Å². The van der Waals surface area contributed by atoms with Crippen molar-refractivity contribution in [3.63, 3.8) is 0 Å². The number of hydrogen-bond donors (Lipinski definition) is 1. The summed E-state index contributed by atoms with van der Waals surface area (Å²) < 4.78 is 9.73. The van der Waals surface area contributed by atoms with Crippen molar-refractivity contribution in [2.75, 3.05) is 19.0 Å². The van der Waals surface area contributed by atoms with Crippen molar-refractivity contribution < 1.29 is 28.7 Å². The highest BCUT2D eigenvalue weighted by Crippen LogP contribution is 2.31. The summed E-state index contributed by atoms with van der Waals surface area (Å²) in [6.07, 6.45) is -0.0366. The summed E-state index contributed by atoms with van der Waals surface area (Å²) >= 11 is 7.19. The fourth-order valence-corrected chi connectivity index (χ4v) is 5.02. The molecule has 1 N–H and O–H groups in total. The van der Waals surface area contributed by atoms with E-state index in [2.05, 4.69) is 10.3 Å². The van der Waals surface area contributed by atoms with E-state index in [-0.39, 0.29) is 31.4 Å². The average molecular weight is 580 g/mol. The number of esters is 2. The number of ether oxygens (including phenoxy) is 2. The van der Waals surface area contributed by atoms with E-state index in [1.165, 1.54) is 23.8 Å². The predicted octanol–water partition coefficient (Wildman–Crippen LogP) is 5.46. The highest BCUT2D eigenvalue weighted by molar-refractivity contribution is 8.15. The van der Waals surface area contributed by atoms with Crippen molar-refractivity contribution >= 4 is 63.7 Å². The van der Waals surface area contributed by atoms with E-state index in [0.717, 1.165) is 5.56 Å². The van der Waals surface area contributed by atoms with Crippen LogP contribution in [0.3, 0.4) is 0 Å². The van der Waals surface area contributed by atoms with Crippen molar-refractivity contribution in [3.8, 4) is 0 Å². The Morgan fingerprint density at radius 1 is 0.975 bits per heavy atom. The highest BCUT2D eigenvalue weighted by Gasteiger charge is 2.36. The number of anilines is 1. The number of aliphatic imine (C=N–C) groups is 1. The van der Waals surface area contributed by atoms with E-state index < -0.39 is 17.2 Å². The molecule has 1 aliphatic rings. The number of methoxy groups -OCH3 is 1. The minimum Gasteiger partial charge on any atom is -0.465 e. The third-order valence-electron chi connectivity index (χ3n) is 5.86. The van der Waals surface area contributed by atoms with Crippen LogP contribution in [0.5, 0.6) is 0 Å². The third kappa shape index (κ3) is 7.28. The zero-order valence-corrected chi connectivity index (χ0v) is 23.3. The average Bonchev–Trinajstić information content (AvgIpc) is 2.96. The first-order valence-corrected chi connectivity index (χ1v) is 13.6. The lowest BCUT2D eigenvalue weighted by atomic mass is 10.2. The first-order chi connectivity index (χ1) is 19.3. The van der Waals surface area contributed by atoms with E-state index in [1.54, 1.807) is 67.6 Å². The van der Waals surface area contributed by atoms with Gasteiger partial charge in [-0.05, 0) is 73.2 Å². The van der Waals surface area contributed by atoms with Crippen LogP contribution in [0.4, 0.5) is 11.4 Å². The minimum absolute atomic E-state index is 0.0366. The molecule has 1 saturated heterocycles. The van der Waals surface area contributed by atoms with E-state index in [9.17, 15) is 19.2 Å². The van der Waals surface area contributed by atoms with Crippen molar-refractivity contribution in [1.82, 2.24) is 4.90 Å². The maximum Gasteiger partial charge on any atom is 0.338 e. The number of benzene rings is 3. The maximum atomic E-state index is 13.3. The van der Waals surface area contributed by atoms with Gasteiger partial charge >= 0.3 is 11.9 Å². The summed E-state index contributed by atoms with van der Waals surface area (Å²) in [6.45, 7) is 2.24. The van der Waals surface area contributed by atoms with Crippen LogP contribution < -0.4 is 5.32 Å². The quantitative estimate of drug-likeness (QED) is 0.352. The summed E-state index contributed by atoms with van der Waals surface area (Å²) in [6, 6.07) is 19.9. The van der Waals surface area contributed by atoms with Crippen LogP contribution in [0, 0.1) is 0 Å². The second-order valence-corrected chi connectivity index (χ2v) is 10.2. The molecule has 9 nitrogen and oxygen atoms in total. The zero-order chi connectivity index (χ0) is 28.6. The number of hydrogen-bond acceptors (Lipinski definition) is 8. The largest absolute Gasteiger partial charge is 0.465 e. The van der Waals surface area contributed by atoms with Crippen molar-refractivity contribution in [1.29, 1.82) is 0 Å². The molecule has 0 radical (unpaired) electrons. The number of carbonyl (C=O) groups excluding carboxylic acids is 4. The van der Waals surface area contributed by atoms with Crippen LogP contribution in [-0.4, -0.2) is 52.8 Å². The van der Waals surface area contributed by atoms with Crippen LogP contribution in [0.15, 0.2) is 77.8 Å². The van der Waals surface area contributed by atoms with Gasteiger partial charge in [0.1, 0.15) is 5.25 Å². The second kappa shape index (κ2) is 13.3. The Morgan fingerprint density at radius 2 is 1.60 bits per heavy atom. The molecule has 206 valence electrons. The molecule has 1 heterocycles. The molecule has 4 rings (SSSR count). The number of amidine groups is 1. The van der Waals surface area contributed by atoms with Crippen LogP contribution in [0.25, 0.3) is 0 Å². The third-order valence-corrected chi connectivity index (χ3v) is 7.30. The topological polar surface area (TPSA) is 114 Å². The normalized spacial score (nSPS) is 16.0. The molecule has 0 aliphatic carbocycles. The minimum atomic E-state index is -0.744. The molecule has 1 atom stereocenters. The number of halogens is 1. The molecule has 0 saturated carbocycles. The zero-order valence-electron chi connectivity index (χ0n) is 21.8. The predicted molar refractivity (Wildman–Crippen MR) is 154 cm³/mol. The molecule has 0 aromatic heterocycles. The molecule has 11 heteroatoms. The van der Waals surface area contributed by atoms with Gasteiger partial charge in [-0.3, -0.25) is 14.5 Å². The first kappa shape index (κ1) is 28.8. The Labute approximate surface area is 240 Å². The molecule has 40 heavy (non-hydrogen) atoms. The van der Waals surface area contributed by atoms with E-state index in [1.807, 2.05) is 12.1 Å². The van der Waals surface area contributed by atoms with Gasteiger partial charge in [-0.1, -0.05) is 35.5 Å². The molecular weight excluding hydrogens is 554 g/mol. The van der Waals surface area contributed by atoms with Gasteiger partial charge < -0.3 is 14.8 Å². The molecule has 0 unspecified atom stereocenters. The first-order valence-electron chi connectivity index (χ1n) is 12.3. The summed E-state index contributed by atoms with van der Waals surface area (Å²) in [4.78, 5) is 56.4. The number of thioether (sulfide) groups is 1. The lowest BCUT2D eigenvalue weighted by Crippen LogP contribution is -2.44. The van der Waals surface area contributed by atoms with Crippen molar-refractivity contribution in [2.24, 2.45) is 4.99 Å². The molecule has 3 aromatic rings. The summed E-state index contributed by atoms with van der Waals surface area (Å²) in [5.74, 6) is -1.56. The molecule has 0 spiro atoms. The Hall–Kier alpha value is -4.15. The highest BCUT2D eigenvalue weighted by atomic mass is 35.5. The molecule has 0 bridgehead atoms. The smallest absolute Gasteiger partial charge is 0.338 e. The van der Waals surface area contributed by atoms with Gasteiger partial charge in [0.25, 0.3) is 0 Å². The lowest BCUT2D eigenvalue weighted by molar-refractivity contribution is -0.129. The van der Waals surface area contributed by atoms with Gasteiger partial charge in [-0.25, -0.2) is 14.6 Å². The molecule has 2 amide bonds.